The summed E-state index contributed by atoms with van der Waals surface area (Å²) >= 11 is 1.93. The lowest BCUT2D eigenvalue weighted by Crippen LogP contribution is -2.10. The molecule has 2 rings (SSSR count). The van der Waals surface area contributed by atoms with Gasteiger partial charge in [0.25, 0.3) is 0 Å². The standard InChI is InChI=1S/C9H12N2O2S/c12-4-3-8-10-9(11-13-8)7-2-1-5-14-6-7/h4,7H,1-3,5-6H2. The van der Waals surface area contributed by atoms with E-state index in [1.165, 1.54) is 12.2 Å². The lowest BCUT2D eigenvalue weighted by Gasteiger charge is -2.17. The second-order valence-corrected chi connectivity index (χ2v) is 4.48. The van der Waals surface area contributed by atoms with Crippen molar-refractivity contribution in [3.8, 4) is 0 Å². The van der Waals surface area contributed by atoms with Gasteiger partial charge < -0.3 is 9.32 Å². The molecule has 76 valence electrons. The van der Waals surface area contributed by atoms with Crippen LogP contribution in [0.25, 0.3) is 0 Å². The van der Waals surface area contributed by atoms with Crippen LogP contribution in [0.5, 0.6) is 0 Å². The Bertz CT molecular complexity index is 308. The minimum Gasteiger partial charge on any atom is -0.339 e. The Morgan fingerprint density at radius 1 is 1.64 bits per heavy atom. The Labute approximate surface area is 86.4 Å². The minimum atomic E-state index is 0.229. The van der Waals surface area contributed by atoms with Gasteiger partial charge in [-0.25, -0.2) is 0 Å². The summed E-state index contributed by atoms with van der Waals surface area (Å²) in [7, 11) is 0. The summed E-state index contributed by atoms with van der Waals surface area (Å²) in [6, 6.07) is 0. The molecule has 0 radical (unpaired) electrons. The van der Waals surface area contributed by atoms with E-state index < -0.39 is 0 Å². The van der Waals surface area contributed by atoms with Crippen LogP contribution in [0.3, 0.4) is 0 Å². The molecule has 1 fully saturated rings. The van der Waals surface area contributed by atoms with Gasteiger partial charge in [0.2, 0.25) is 5.89 Å². The Morgan fingerprint density at radius 2 is 2.57 bits per heavy atom. The fraction of sp³-hybridized carbons (Fsp3) is 0.667. The van der Waals surface area contributed by atoms with Crippen molar-refractivity contribution in [3.63, 3.8) is 0 Å². The van der Waals surface area contributed by atoms with Crippen LogP contribution in [0.4, 0.5) is 0 Å². The Kier molecular flexibility index (Phi) is 3.18. The number of hydrogen-bond acceptors (Lipinski definition) is 5. The molecule has 0 aromatic carbocycles. The van der Waals surface area contributed by atoms with Crippen molar-refractivity contribution in [1.29, 1.82) is 0 Å². The first-order chi connectivity index (χ1) is 6.90. The van der Waals surface area contributed by atoms with Gasteiger partial charge in [-0.15, -0.1) is 0 Å². The molecular weight excluding hydrogens is 200 g/mol. The lowest BCUT2D eigenvalue weighted by molar-refractivity contribution is -0.107. The molecule has 1 atom stereocenters. The molecule has 2 heterocycles. The molecule has 0 spiro atoms. The summed E-state index contributed by atoms with van der Waals surface area (Å²) in [4.78, 5) is 14.4. The van der Waals surface area contributed by atoms with Gasteiger partial charge in [0.1, 0.15) is 6.29 Å². The maximum atomic E-state index is 10.2. The van der Waals surface area contributed by atoms with Crippen LogP contribution in [0.2, 0.25) is 0 Å². The number of aldehydes is 1. The van der Waals surface area contributed by atoms with Crippen molar-refractivity contribution in [2.24, 2.45) is 0 Å². The van der Waals surface area contributed by atoms with Gasteiger partial charge >= 0.3 is 0 Å². The van der Waals surface area contributed by atoms with Crippen molar-refractivity contribution >= 4 is 18.0 Å². The van der Waals surface area contributed by atoms with E-state index in [0.29, 0.717) is 11.8 Å². The minimum absolute atomic E-state index is 0.229. The molecule has 1 saturated heterocycles. The zero-order valence-electron chi connectivity index (χ0n) is 7.81. The monoisotopic (exact) mass is 212 g/mol. The Morgan fingerprint density at radius 3 is 3.29 bits per heavy atom. The number of nitrogens with zero attached hydrogens (tertiary/aromatic N) is 2. The fourth-order valence-corrected chi connectivity index (χ4v) is 2.67. The largest absolute Gasteiger partial charge is 0.339 e. The van der Waals surface area contributed by atoms with E-state index in [1.807, 2.05) is 11.8 Å². The van der Waals surface area contributed by atoms with E-state index in [1.54, 1.807) is 0 Å². The maximum absolute atomic E-state index is 10.2. The van der Waals surface area contributed by atoms with Crippen molar-refractivity contribution in [1.82, 2.24) is 10.1 Å². The summed E-state index contributed by atoms with van der Waals surface area (Å²) in [6.45, 7) is 0. The average molecular weight is 212 g/mol. The zero-order chi connectivity index (χ0) is 9.80. The topological polar surface area (TPSA) is 56.0 Å². The van der Waals surface area contributed by atoms with E-state index in [2.05, 4.69) is 10.1 Å². The molecule has 5 heteroatoms. The number of carbonyl (C=O) groups is 1. The molecule has 0 saturated carbocycles. The molecule has 1 aliphatic heterocycles. The summed E-state index contributed by atoms with van der Waals surface area (Å²) in [5.74, 6) is 3.92. The van der Waals surface area contributed by atoms with E-state index in [4.69, 9.17) is 4.52 Å². The van der Waals surface area contributed by atoms with Gasteiger partial charge in [0.05, 0.1) is 6.42 Å². The van der Waals surface area contributed by atoms with Gasteiger partial charge in [0.15, 0.2) is 5.82 Å². The van der Waals surface area contributed by atoms with Gasteiger partial charge in [-0.05, 0) is 18.6 Å². The van der Waals surface area contributed by atoms with Crippen LogP contribution >= 0.6 is 11.8 Å². The predicted octanol–water partition coefficient (Wildman–Crippen LogP) is 1.42. The van der Waals surface area contributed by atoms with Crippen molar-refractivity contribution in [2.45, 2.75) is 25.2 Å². The van der Waals surface area contributed by atoms with Crippen molar-refractivity contribution < 1.29 is 9.32 Å². The summed E-state index contributed by atoms with van der Waals surface area (Å²) in [6.07, 6.45) is 3.36. The van der Waals surface area contributed by atoms with Crippen molar-refractivity contribution in [2.75, 3.05) is 11.5 Å². The lowest BCUT2D eigenvalue weighted by atomic mass is 10.1. The molecule has 0 amide bonds. The number of thioether (sulfide) groups is 1. The third kappa shape index (κ3) is 2.15. The van der Waals surface area contributed by atoms with Crippen LogP contribution < -0.4 is 0 Å². The molecule has 0 N–H and O–H groups in total. The highest BCUT2D eigenvalue weighted by Crippen LogP contribution is 2.29. The van der Waals surface area contributed by atoms with E-state index in [0.717, 1.165) is 24.3 Å². The van der Waals surface area contributed by atoms with Gasteiger partial charge in [-0.1, -0.05) is 5.16 Å². The molecule has 0 aliphatic carbocycles. The molecule has 1 aromatic heterocycles. The van der Waals surface area contributed by atoms with E-state index >= 15 is 0 Å². The highest BCUT2D eigenvalue weighted by atomic mass is 32.2. The van der Waals surface area contributed by atoms with Crippen LogP contribution in [0.1, 0.15) is 30.5 Å². The number of rotatable bonds is 3. The molecule has 4 nitrogen and oxygen atoms in total. The highest BCUT2D eigenvalue weighted by molar-refractivity contribution is 7.99. The van der Waals surface area contributed by atoms with Crippen LogP contribution in [0, 0.1) is 0 Å². The first-order valence-electron chi connectivity index (χ1n) is 4.74. The zero-order valence-corrected chi connectivity index (χ0v) is 8.63. The molecule has 1 aliphatic rings. The number of hydrogen-bond donors (Lipinski definition) is 0. The molecule has 1 aromatic rings. The SMILES string of the molecule is O=CCc1nc(C2CCCSC2)no1. The quantitative estimate of drug-likeness (QED) is 0.709. The normalized spacial score (nSPS) is 22.1. The predicted molar refractivity (Wildman–Crippen MR) is 53.4 cm³/mol. The first-order valence-corrected chi connectivity index (χ1v) is 5.89. The average Bonchev–Trinajstić information content (AvgIpc) is 2.68. The Balaban J connectivity index is 2.03. The maximum Gasteiger partial charge on any atom is 0.233 e. The van der Waals surface area contributed by atoms with Gasteiger partial charge in [-0.3, -0.25) is 0 Å². The van der Waals surface area contributed by atoms with Crippen molar-refractivity contribution in [3.05, 3.63) is 11.7 Å². The summed E-state index contributed by atoms with van der Waals surface area (Å²) in [5, 5.41) is 3.90. The first kappa shape index (κ1) is 9.71. The van der Waals surface area contributed by atoms with Gasteiger partial charge in [0, 0.05) is 11.7 Å². The number of aromatic nitrogens is 2. The van der Waals surface area contributed by atoms with E-state index in [9.17, 15) is 4.79 Å². The molecule has 14 heavy (non-hydrogen) atoms. The molecule has 0 bridgehead atoms. The Hall–Kier alpha value is -0.840. The highest BCUT2D eigenvalue weighted by Gasteiger charge is 2.20. The summed E-state index contributed by atoms with van der Waals surface area (Å²) < 4.78 is 4.96. The third-order valence-corrected chi connectivity index (χ3v) is 3.48. The molecule has 1 unspecified atom stereocenters. The molecular formula is C9H12N2O2S. The van der Waals surface area contributed by atoms with Gasteiger partial charge in [-0.2, -0.15) is 16.7 Å². The van der Waals surface area contributed by atoms with Crippen LogP contribution in [-0.4, -0.2) is 27.9 Å². The smallest absolute Gasteiger partial charge is 0.233 e. The third-order valence-electron chi connectivity index (χ3n) is 2.27. The van der Waals surface area contributed by atoms with Crippen LogP contribution in [0.15, 0.2) is 4.52 Å². The van der Waals surface area contributed by atoms with Crippen LogP contribution in [-0.2, 0) is 11.2 Å². The second kappa shape index (κ2) is 4.59. The fourth-order valence-electron chi connectivity index (χ4n) is 1.53. The summed E-state index contributed by atoms with van der Waals surface area (Å²) in [5.41, 5.74) is 0. The number of carbonyl (C=O) groups excluding carboxylic acids is 1. The second-order valence-electron chi connectivity index (χ2n) is 3.33. The van der Waals surface area contributed by atoms with E-state index in [-0.39, 0.29) is 6.42 Å².